The Morgan fingerprint density at radius 3 is 2.65 bits per heavy atom. The van der Waals surface area contributed by atoms with Gasteiger partial charge in [-0.3, -0.25) is 0 Å². The van der Waals surface area contributed by atoms with Gasteiger partial charge < -0.3 is 10.2 Å². The molecule has 1 fully saturated rings. The zero-order valence-electron chi connectivity index (χ0n) is 12.2. The maximum absolute atomic E-state index is 3.48. The lowest BCUT2D eigenvalue weighted by atomic mass is 9.85. The molecule has 1 aliphatic rings. The van der Waals surface area contributed by atoms with Gasteiger partial charge in [0.1, 0.15) is 0 Å². The Kier molecular flexibility index (Phi) is 7.14. The fraction of sp³-hybridized carbons (Fsp3) is 1.00. The molecular weight excluding hydrogens is 208 g/mol. The number of likely N-dealkylation sites (tertiary alicyclic amines) is 1. The molecule has 1 heterocycles. The third-order valence-corrected chi connectivity index (χ3v) is 3.94. The second-order valence-electron chi connectivity index (χ2n) is 6.32. The molecule has 0 aromatic heterocycles. The van der Waals surface area contributed by atoms with Gasteiger partial charge in [0.15, 0.2) is 0 Å². The van der Waals surface area contributed by atoms with Gasteiger partial charge in [-0.05, 0) is 76.7 Å². The van der Waals surface area contributed by atoms with Crippen LogP contribution in [0.25, 0.3) is 0 Å². The van der Waals surface area contributed by atoms with E-state index in [0.717, 1.165) is 0 Å². The largest absolute Gasteiger partial charge is 0.317 e. The first kappa shape index (κ1) is 15.0. The van der Waals surface area contributed by atoms with Crippen molar-refractivity contribution in [3.8, 4) is 0 Å². The first-order valence-electron chi connectivity index (χ1n) is 7.57. The van der Waals surface area contributed by atoms with E-state index in [2.05, 4.69) is 31.0 Å². The van der Waals surface area contributed by atoms with Crippen molar-refractivity contribution < 1.29 is 0 Å². The minimum atomic E-state index is 0.581. The molecule has 0 aromatic rings. The van der Waals surface area contributed by atoms with Crippen LogP contribution in [-0.2, 0) is 0 Å². The van der Waals surface area contributed by atoms with E-state index in [1.165, 1.54) is 71.2 Å². The molecule has 17 heavy (non-hydrogen) atoms. The quantitative estimate of drug-likeness (QED) is 0.687. The van der Waals surface area contributed by atoms with E-state index < -0.39 is 0 Å². The Morgan fingerprint density at radius 1 is 1.06 bits per heavy atom. The van der Waals surface area contributed by atoms with Crippen LogP contribution in [0, 0.1) is 5.41 Å². The van der Waals surface area contributed by atoms with Crippen LogP contribution in [0.3, 0.4) is 0 Å². The molecule has 102 valence electrons. The van der Waals surface area contributed by atoms with Crippen LogP contribution >= 0.6 is 0 Å². The fourth-order valence-corrected chi connectivity index (χ4v) is 2.59. The van der Waals surface area contributed by atoms with Gasteiger partial charge in [-0.25, -0.2) is 0 Å². The van der Waals surface area contributed by atoms with Crippen molar-refractivity contribution in [2.75, 3.05) is 32.7 Å². The van der Waals surface area contributed by atoms with Gasteiger partial charge in [-0.15, -0.1) is 0 Å². The van der Waals surface area contributed by atoms with E-state index in [4.69, 9.17) is 0 Å². The predicted molar refractivity (Wildman–Crippen MR) is 76.5 cm³/mol. The second kappa shape index (κ2) is 8.10. The van der Waals surface area contributed by atoms with Crippen LogP contribution in [0.4, 0.5) is 0 Å². The van der Waals surface area contributed by atoms with Crippen LogP contribution in [0.5, 0.6) is 0 Å². The first-order chi connectivity index (χ1) is 8.14. The Morgan fingerprint density at radius 2 is 1.88 bits per heavy atom. The number of hydrogen-bond donors (Lipinski definition) is 1. The summed E-state index contributed by atoms with van der Waals surface area (Å²) in [5.74, 6) is 0. The minimum absolute atomic E-state index is 0.581. The zero-order valence-corrected chi connectivity index (χ0v) is 12.2. The normalized spacial score (nSPS) is 21.4. The van der Waals surface area contributed by atoms with Crippen molar-refractivity contribution in [3.05, 3.63) is 0 Å². The molecule has 0 radical (unpaired) electrons. The monoisotopic (exact) mass is 240 g/mol. The number of nitrogens with zero attached hydrogens (tertiary/aromatic N) is 1. The number of hydrogen-bond acceptors (Lipinski definition) is 2. The van der Waals surface area contributed by atoms with Crippen LogP contribution in [0.1, 0.15) is 59.3 Å². The average Bonchev–Trinajstić information content (AvgIpc) is 2.45. The Bertz CT molecular complexity index is 189. The van der Waals surface area contributed by atoms with Gasteiger partial charge in [0.2, 0.25) is 0 Å². The molecule has 0 amide bonds. The van der Waals surface area contributed by atoms with Gasteiger partial charge in [-0.1, -0.05) is 20.8 Å². The molecule has 0 bridgehead atoms. The third kappa shape index (κ3) is 7.05. The predicted octanol–water partition coefficient (Wildman–Crippen LogP) is 3.28. The molecule has 1 aliphatic heterocycles. The Labute approximate surface area is 108 Å². The summed E-state index contributed by atoms with van der Waals surface area (Å²) in [6.07, 6.45) is 8.11. The molecule has 1 rings (SSSR count). The summed E-state index contributed by atoms with van der Waals surface area (Å²) in [6, 6.07) is 0. The zero-order chi connectivity index (χ0) is 12.6. The Balaban J connectivity index is 2.03. The standard InChI is InChI=1S/C15H32N2/c1-4-10-16-11-5-6-12-17-13-7-8-15(2,3)9-14-17/h16H,4-14H2,1-3H3. The molecule has 0 spiro atoms. The van der Waals surface area contributed by atoms with Gasteiger partial charge in [0.25, 0.3) is 0 Å². The van der Waals surface area contributed by atoms with Crippen molar-refractivity contribution in [1.29, 1.82) is 0 Å². The van der Waals surface area contributed by atoms with E-state index in [9.17, 15) is 0 Å². The smallest absolute Gasteiger partial charge is 0.00136 e. The highest BCUT2D eigenvalue weighted by atomic mass is 15.1. The van der Waals surface area contributed by atoms with E-state index in [0.29, 0.717) is 5.41 Å². The summed E-state index contributed by atoms with van der Waals surface area (Å²) in [5, 5.41) is 3.48. The lowest BCUT2D eigenvalue weighted by molar-refractivity contribution is 0.258. The number of nitrogens with one attached hydrogen (secondary N) is 1. The van der Waals surface area contributed by atoms with Crippen LogP contribution < -0.4 is 5.32 Å². The van der Waals surface area contributed by atoms with E-state index in [1.807, 2.05) is 0 Å². The van der Waals surface area contributed by atoms with E-state index >= 15 is 0 Å². The van der Waals surface area contributed by atoms with Gasteiger partial charge >= 0.3 is 0 Å². The summed E-state index contributed by atoms with van der Waals surface area (Å²) in [6.45, 7) is 13.4. The molecule has 2 heteroatoms. The number of unbranched alkanes of at least 4 members (excludes halogenated alkanes) is 1. The summed E-state index contributed by atoms with van der Waals surface area (Å²) in [4.78, 5) is 2.68. The minimum Gasteiger partial charge on any atom is -0.317 e. The van der Waals surface area contributed by atoms with Crippen molar-refractivity contribution in [2.45, 2.75) is 59.3 Å². The molecule has 0 saturated carbocycles. The third-order valence-electron chi connectivity index (χ3n) is 3.94. The van der Waals surface area contributed by atoms with Crippen LogP contribution in [0.2, 0.25) is 0 Å². The van der Waals surface area contributed by atoms with Crippen molar-refractivity contribution >= 4 is 0 Å². The fourth-order valence-electron chi connectivity index (χ4n) is 2.59. The molecule has 0 aromatic carbocycles. The molecule has 0 unspecified atom stereocenters. The summed E-state index contributed by atoms with van der Waals surface area (Å²) >= 11 is 0. The average molecular weight is 240 g/mol. The highest BCUT2D eigenvalue weighted by Crippen LogP contribution is 2.29. The molecule has 2 nitrogen and oxygen atoms in total. The lowest BCUT2D eigenvalue weighted by Crippen LogP contribution is -2.27. The Hall–Kier alpha value is -0.0800. The van der Waals surface area contributed by atoms with Gasteiger partial charge in [-0.2, -0.15) is 0 Å². The number of rotatable bonds is 7. The lowest BCUT2D eigenvalue weighted by Gasteiger charge is -2.23. The topological polar surface area (TPSA) is 15.3 Å². The summed E-state index contributed by atoms with van der Waals surface area (Å²) in [5.41, 5.74) is 0.581. The van der Waals surface area contributed by atoms with Crippen molar-refractivity contribution in [3.63, 3.8) is 0 Å². The summed E-state index contributed by atoms with van der Waals surface area (Å²) in [7, 11) is 0. The SMILES string of the molecule is CCCNCCCCN1CCCC(C)(C)CC1. The van der Waals surface area contributed by atoms with Crippen LogP contribution in [-0.4, -0.2) is 37.6 Å². The van der Waals surface area contributed by atoms with Gasteiger partial charge in [0, 0.05) is 0 Å². The maximum atomic E-state index is 3.48. The van der Waals surface area contributed by atoms with E-state index in [-0.39, 0.29) is 0 Å². The van der Waals surface area contributed by atoms with Gasteiger partial charge in [0.05, 0.1) is 0 Å². The summed E-state index contributed by atoms with van der Waals surface area (Å²) < 4.78 is 0. The highest BCUT2D eigenvalue weighted by molar-refractivity contribution is 4.76. The molecular formula is C15H32N2. The molecule has 0 atom stereocenters. The first-order valence-corrected chi connectivity index (χ1v) is 7.57. The van der Waals surface area contributed by atoms with Crippen molar-refractivity contribution in [2.24, 2.45) is 5.41 Å². The van der Waals surface area contributed by atoms with Crippen LogP contribution in [0.15, 0.2) is 0 Å². The molecule has 1 saturated heterocycles. The highest BCUT2D eigenvalue weighted by Gasteiger charge is 2.22. The van der Waals surface area contributed by atoms with E-state index in [1.54, 1.807) is 0 Å². The van der Waals surface area contributed by atoms with Crippen molar-refractivity contribution in [1.82, 2.24) is 10.2 Å². The second-order valence-corrected chi connectivity index (χ2v) is 6.32. The maximum Gasteiger partial charge on any atom is -0.00136 e. The molecule has 1 N–H and O–H groups in total. The molecule has 0 aliphatic carbocycles.